The van der Waals surface area contributed by atoms with Gasteiger partial charge in [-0.05, 0) is 54.2 Å². The van der Waals surface area contributed by atoms with E-state index < -0.39 is 17.8 Å². The molecule has 4 aromatic rings. The molecular weight excluding hydrogens is 462 g/mol. The molecule has 0 aliphatic carbocycles. The van der Waals surface area contributed by atoms with Gasteiger partial charge < -0.3 is 9.67 Å². The van der Waals surface area contributed by atoms with Gasteiger partial charge in [-0.3, -0.25) is 19.8 Å². The Morgan fingerprint density at radius 1 is 0.943 bits per heavy atom. The topological polar surface area (TPSA) is 91.6 Å². The standard InChI is InChI=1S/C27H19N3O4S/c31-24-22(25(32)30(27(35)28-24)20-12-10-18(11-13-20)26(33)34)14-19-16-29(15-17-6-2-1-3-7-17)23-9-5-4-8-21(19)23/h1-14,16H,15H2,(H,33,34)(H,28,31,35)/b22-14+. The minimum absolute atomic E-state index is 0.0632. The number of rotatable bonds is 5. The number of hydrogen-bond donors (Lipinski definition) is 2. The normalized spacial score (nSPS) is 15.0. The second-order valence-corrected chi connectivity index (χ2v) is 8.41. The Bertz CT molecular complexity index is 1520. The van der Waals surface area contributed by atoms with Crippen molar-refractivity contribution in [1.82, 2.24) is 9.88 Å². The molecule has 172 valence electrons. The zero-order valence-electron chi connectivity index (χ0n) is 18.3. The van der Waals surface area contributed by atoms with Crippen LogP contribution < -0.4 is 10.2 Å². The predicted octanol–water partition coefficient (Wildman–Crippen LogP) is 4.22. The molecule has 7 nitrogen and oxygen atoms in total. The monoisotopic (exact) mass is 481 g/mol. The van der Waals surface area contributed by atoms with E-state index in [4.69, 9.17) is 17.3 Å². The summed E-state index contributed by atoms with van der Waals surface area (Å²) in [5.41, 5.74) is 3.20. The number of amides is 2. The fourth-order valence-corrected chi connectivity index (χ4v) is 4.38. The maximum Gasteiger partial charge on any atom is 0.335 e. The van der Waals surface area contributed by atoms with Crippen molar-refractivity contribution in [3.05, 3.63) is 107 Å². The highest BCUT2D eigenvalue weighted by molar-refractivity contribution is 7.80. The smallest absolute Gasteiger partial charge is 0.335 e. The molecule has 2 heterocycles. The van der Waals surface area contributed by atoms with Crippen molar-refractivity contribution in [2.45, 2.75) is 6.54 Å². The van der Waals surface area contributed by atoms with E-state index in [-0.39, 0.29) is 16.2 Å². The van der Waals surface area contributed by atoms with Gasteiger partial charge in [0.1, 0.15) is 5.57 Å². The Hall–Kier alpha value is -4.56. The lowest BCUT2D eigenvalue weighted by atomic mass is 10.1. The van der Waals surface area contributed by atoms with Gasteiger partial charge in [-0.1, -0.05) is 48.5 Å². The van der Waals surface area contributed by atoms with E-state index in [0.29, 0.717) is 12.2 Å². The minimum atomic E-state index is -1.08. The highest BCUT2D eigenvalue weighted by Crippen LogP contribution is 2.27. The number of hydrogen-bond acceptors (Lipinski definition) is 4. The Morgan fingerprint density at radius 2 is 1.63 bits per heavy atom. The van der Waals surface area contributed by atoms with Crippen molar-refractivity contribution in [2.75, 3.05) is 4.90 Å². The molecule has 5 rings (SSSR count). The maximum atomic E-state index is 13.4. The molecule has 0 saturated carbocycles. The highest BCUT2D eigenvalue weighted by atomic mass is 32.1. The molecule has 2 N–H and O–H groups in total. The third-order valence-electron chi connectivity index (χ3n) is 5.79. The number of carboxylic acids is 1. The first-order valence-corrected chi connectivity index (χ1v) is 11.2. The van der Waals surface area contributed by atoms with E-state index in [1.807, 2.05) is 60.8 Å². The van der Waals surface area contributed by atoms with Gasteiger partial charge in [-0.2, -0.15) is 0 Å². The molecule has 35 heavy (non-hydrogen) atoms. The van der Waals surface area contributed by atoms with Crippen LogP contribution >= 0.6 is 12.2 Å². The summed E-state index contributed by atoms with van der Waals surface area (Å²) in [6.07, 6.45) is 3.49. The number of anilines is 1. The summed E-state index contributed by atoms with van der Waals surface area (Å²) < 4.78 is 2.08. The van der Waals surface area contributed by atoms with Gasteiger partial charge in [-0.15, -0.1) is 0 Å². The summed E-state index contributed by atoms with van der Waals surface area (Å²) in [5, 5.41) is 12.5. The van der Waals surface area contributed by atoms with Crippen LogP contribution in [0, 0.1) is 0 Å². The molecule has 0 spiro atoms. The Kier molecular flexibility index (Phi) is 5.72. The van der Waals surface area contributed by atoms with E-state index in [0.717, 1.165) is 22.0 Å². The summed E-state index contributed by atoms with van der Waals surface area (Å²) >= 11 is 5.24. The number of thiocarbonyl (C=S) groups is 1. The van der Waals surface area contributed by atoms with Crippen molar-refractivity contribution in [1.29, 1.82) is 0 Å². The molecule has 1 aromatic heterocycles. The molecule has 1 aliphatic rings. The average Bonchev–Trinajstić information content (AvgIpc) is 3.19. The maximum absolute atomic E-state index is 13.4. The second-order valence-electron chi connectivity index (χ2n) is 8.02. The van der Waals surface area contributed by atoms with Gasteiger partial charge in [0.05, 0.1) is 11.3 Å². The van der Waals surface area contributed by atoms with Crippen molar-refractivity contribution >= 4 is 57.8 Å². The number of nitrogens with one attached hydrogen (secondary N) is 1. The SMILES string of the molecule is O=C1NC(=S)N(c2ccc(C(=O)O)cc2)C(=O)/C1=C/c1cn(Cc2ccccc2)c2ccccc12. The third kappa shape index (κ3) is 4.22. The van der Waals surface area contributed by atoms with Crippen molar-refractivity contribution < 1.29 is 19.5 Å². The number of carboxylic acid groups (broad SMARTS) is 1. The quantitative estimate of drug-likeness (QED) is 0.253. The first-order chi connectivity index (χ1) is 16.9. The van der Waals surface area contributed by atoms with Crippen LogP contribution in [-0.2, 0) is 16.1 Å². The van der Waals surface area contributed by atoms with Gasteiger partial charge in [0, 0.05) is 29.2 Å². The lowest BCUT2D eigenvalue weighted by molar-refractivity contribution is -0.122. The fourth-order valence-electron chi connectivity index (χ4n) is 4.10. The summed E-state index contributed by atoms with van der Waals surface area (Å²) in [7, 11) is 0. The Balaban J connectivity index is 1.54. The van der Waals surface area contributed by atoms with Crippen LogP contribution in [0.1, 0.15) is 21.5 Å². The number of aromatic nitrogens is 1. The Morgan fingerprint density at radius 3 is 2.34 bits per heavy atom. The molecule has 0 radical (unpaired) electrons. The van der Waals surface area contributed by atoms with Gasteiger partial charge >= 0.3 is 5.97 Å². The van der Waals surface area contributed by atoms with E-state index in [2.05, 4.69) is 9.88 Å². The zero-order valence-corrected chi connectivity index (χ0v) is 19.2. The molecule has 1 aliphatic heterocycles. The van der Waals surface area contributed by atoms with Gasteiger partial charge in [0.15, 0.2) is 5.11 Å². The lowest BCUT2D eigenvalue weighted by Crippen LogP contribution is -2.54. The molecule has 0 bridgehead atoms. The van der Waals surface area contributed by atoms with E-state index in [9.17, 15) is 14.4 Å². The number of nitrogens with zero attached hydrogens (tertiary/aromatic N) is 2. The Labute approximate surface area is 205 Å². The fraction of sp³-hybridized carbons (Fsp3) is 0.0370. The van der Waals surface area contributed by atoms with Crippen LogP contribution in [0.5, 0.6) is 0 Å². The molecule has 2 amide bonds. The summed E-state index contributed by atoms with van der Waals surface area (Å²) in [6, 6.07) is 23.5. The number of fused-ring (bicyclic) bond motifs is 1. The van der Waals surface area contributed by atoms with Crippen molar-refractivity contribution in [3.8, 4) is 0 Å². The number of aromatic carboxylic acids is 1. The molecule has 3 aromatic carbocycles. The summed E-state index contributed by atoms with van der Waals surface area (Å²) in [5.74, 6) is -2.25. The first-order valence-electron chi connectivity index (χ1n) is 10.8. The molecule has 1 fully saturated rings. The minimum Gasteiger partial charge on any atom is -0.478 e. The molecular formula is C27H19N3O4S. The molecule has 0 unspecified atom stereocenters. The largest absolute Gasteiger partial charge is 0.478 e. The van der Waals surface area contributed by atoms with Crippen LogP contribution in [0.2, 0.25) is 0 Å². The third-order valence-corrected chi connectivity index (χ3v) is 6.07. The van der Waals surface area contributed by atoms with Crippen LogP contribution in [0.25, 0.3) is 17.0 Å². The first kappa shape index (κ1) is 22.2. The van der Waals surface area contributed by atoms with Crippen molar-refractivity contribution in [2.24, 2.45) is 0 Å². The van der Waals surface area contributed by atoms with E-state index in [1.54, 1.807) is 6.08 Å². The molecule has 0 atom stereocenters. The van der Waals surface area contributed by atoms with Crippen molar-refractivity contribution in [3.63, 3.8) is 0 Å². The lowest BCUT2D eigenvalue weighted by Gasteiger charge is -2.28. The number of benzene rings is 3. The summed E-state index contributed by atoms with van der Waals surface area (Å²) in [4.78, 5) is 38.5. The van der Waals surface area contributed by atoms with Gasteiger partial charge in [0.2, 0.25) is 0 Å². The second kappa shape index (κ2) is 9.00. The van der Waals surface area contributed by atoms with Crippen LogP contribution in [-0.4, -0.2) is 32.6 Å². The number of carbonyl (C=O) groups is 3. The number of para-hydroxylation sites is 1. The van der Waals surface area contributed by atoms with E-state index >= 15 is 0 Å². The van der Waals surface area contributed by atoms with Crippen LogP contribution in [0.15, 0.2) is 90.6 Å². The van der Waals surface area contributed by atoms with Crippen LogP contribution in [0.3, 0.4) is 0 Å². The zero-order chi connectivity index (χ0) is 24.5. The molecule has 8 heteroatoms. The van der Waals surface area contributed by atoms with Crippen LogP contribution in [0.4, 0.5) is 5.69 Å². The van der Waals surface area contributed by atoms with Gasteiger partial charge in [-0.25, -0.2) is 4.79 Å². The van der Waals surface area contributed by atoms with Gasteiger partial charge in [0.25, 0.3) is 11.8 Å². The average molecular weight is 482 g/mol. The molecule has 1 saturated heterocycles. The van der Waals surface area contributed by atoms with E-state index in [1.165, 1.54) is 29.2 Å². The highest BCUT2D eigenvalue weighted by Gasteiger charge is 2.34. The summed E-state index contributed by atoms with van der Waals surface area (Å²) in [6.45, 7) is 0.636. The predicted molar refractivity (Wildman–Crippen MR) is 137 cm³/mol. The number of carbonyl (C=O) groups excluding carboxylic acids is 2.